The first kappa shape index (κ1) is 23.2. The highest BCUT2D eigenvalue weighted by molar-refractivity contribution is 6.99. The first-order chi connectivity index (χ1) is 14.9. The third-order valence-corrected chi connectivity index (χ3v) is 11.3. The van der Waals surface area contributed by atoms with Crippen LogP contribution in [0.25, 0.3) is 0 Å². The Morgan fingerprint density at radius 2 is 1.26 bits per heavy atom. The quantitative estimate of drug-likeness (QED) is 0.328. The summed E-state index contributed by atoms with van der Waals surface area (Å²) in [4.78, 5) is 11.6. The van der Waals surface area contributed by atoms with Crippen LogP contribution in [0.2, 0.25) is 5.04 Å². The molecule has 0 amide bonds. The van der Waals surface area contributed by atoms with Crippen LogP contribution in [-0.4, -0.2) is 21.2 Å². The Hall–Kier alpha value is -2.49. The third kappa shape index (κ3) is 5.05. The van der Waals surface area contributed by atoms with Crippen LogP contribution in [0.15, 0.2) is 91.0 Å². The molecule has 0 unspecified atom stereocenters. The fraction of sp³-hybridized carbons (Fsp3) is 0.321. The predicted molar refractivity (Wildman–Crippen MR) is 133 cm³/mol. The van der Waals surface area contributed by atoms with Crippen molar-refractivity contribution in [3.63, 3.8) is 0 Å². The molecule has 0 spiro atoms. The van der Waals surface area contributed by atoms with E-state index in [1.54, 1.807) is 0 Å². The molecule has 31 heavy (non-hydrogen) atoms. The molecule has 3 heteroatoms. The van der Waals surface area contributed by atoms with Crippen molar-refractivity contribution in [3.05, 3.63) is 96.6 Å². The molecule has 2 nitrogen and oxygen atoms in total. The van der Waals surface area contributed by atoms with Crippen LogP contribution in [0.4, 0.5) is 0 Å². The van der Waals surface area contributed by atoms with Gasteiger partial charge in [0.25, 0.3) is 8.32 Å². The van der Waals surface area contributed by atoms with Gasteiger partial charge in [-0.25, -0.2) is 0 Å². The number of hydrogen-bond acceptors (Lipinski definition) is 2. The molecule has 0 aliphatic heterocycles. The lowest BCUT2D eigenvalue weighted by Gasteiger charge is -2.43. The van der Waals surface area contributed by atoms with Gasteiger partial charge in [0.1, 0.15) is 6.29 Å². The van der Waals surface area contributed by atoms with E-state index in [0.29, 0.717) is 6.61 Å². The Labute approximate surface area is 188 Å². The molecule has 0 aliphatic carbocycles. The summed E-state index contributed by atoms with van der Waals surface area (Å²) < 4.78 is 7.04. The summed E-state index contributed by atoms with van der Waals surface area (Å²) in [6.45, 7) is 9.50. The summed E-state index contributed by atoms with van der Waals surface area (Å²) >= 11 is 0. The van der Waals surface area contributed by atoms with E-state index in [0.717, 1.165) is 12.7 Å². The number of carbonyl (C=O) groups excluding carboxylic acids is 1. The lowest BCUT2D eigenvalue weighted by molar-refractivity contribution is -0.111. The van der Waals surface area contributed by atoms with Gasteiger partial charge in [0, 0.05) is 12.5 Å². The van der Waals surface area contributed by atoms with Crippen LogP contribution >= 0.6 is 0 Å². The maximum absolute atomic E-state index is 11.6. The van der Waals surface area contributed by atoms with E-state index in [-0.39, 0.29) is 16.9 Å². The highest BCUT2D eigenvalue weighted by Gasteiger charge is 2.50. The van der Waals surface area contributed by atoms with Gasteiger partial charge in [0.2, 0.25) is 0 Å². The van der Waals surface area contributed by atoms with E-state index in [9.17, 15) is 4.79 Å². The fourth-order valence-electron chi connectivity index (χ4n) is 4.63. The zero-order valence-electron chi connectivity index (χ0n) is 19.1. The van der Waals surface area contributed by atoms with E-state index < -0.39 is 8.32 Å². The smallest absolute Gasteiger partial charge is 0.261 e. The standard InChI is InChI=1S/C28H34O2Si/c1-23(22-29)27(24-14-8-5-9-15-24)20-21-30-31(28(2,3)4,25-16-10-6-11-17-25)26-18-12-7-13-19-26/h5-19,22-23,27H,20-21H2,1-4H3/t23-,27+/m0/s1. The van der Waals surface area contributed by atoms with Crippen molar-refractivity contribution in [2.24, 2.45) is 5.92 Å². The maximum atomic E-state index is 11.6. The molecule has 0 N–H and O–H groups in total. The first-order valence-corrected chi connectivity index (χ1v) is 13.1. The lowest BCUT2D eigenvalue weighted by atomic mass is 9.86. The molecule has 0 saturated heterocycles. The second-order valence-electron chi connectivity index (χ2n) is 9.31. The van der Waals surface area contributed by atoms with Gasteiger partial charge < -0.3 is 9.22 Å². The Morgan fingerprint density at radius 3 is 1.68 bits per heavy atom. The van der Waals surface area contributed by atoms with Gasteiger partial charge in [-0.1, -0.05) is 119 Å². The molecule has 3 aromatic carbocycles. The molecule has 0 fully saturated rings. The van der Waals surface area contributed by atoms with E-state index >= 15 is 0 Å². The summed E-state index contributed by atoms with van der Waals surface area (Å²) in [5, 5.41) is 2.52. The predicted octanol–water partition coefficient (Wildman–Crippen LogP) is 5.57. The zero-order chi connectivity index (χ0) is 22.3. The number of carbonyl (C=O) groups is 1. The van der Waals surface area contributed by atoms with E-state index in [1.165, 1.54) is 15.9 Å². The summed E-state index contributed by atoms with van der Waals surface area (Å²) in [6, 6.07) is 31.8. The van der Waals surface area contributed by atoms with Crippen molar-refractivity contribution in [1.29, 1.82) is 0 Å². The van der Waals surface area contributed by atoms with Gasteiger partial charge in [-0.15, -0.1) is 0 Å². The maximum Gasteiger partial charge on any atom is 0.261 e. The summed E-state index contributed by atoms with van der Waals surface area (Å²) in [6.07, 6.45) is 1.88. The minimum absolute atomic E-state index is 0.0474. The highest BCUT2D eigenvalue weighted by atomic mass is 28.4. The first-order valence-electron chi connectivity index (χ1n) is 11.2. The average Bonchev–Trinajstić information content (AvgIpc) is 2.80. The van der Waals surface area contributed by atoms with Crippen molar-refractivity contribution in [1.82, 2.24) is 0 Å². The van der Waals surface area contributed by atoms with E-state index in [2.05, 4.69) is 93.6 Å². The van der Waals surface area contributed by atoms with Gasteiger partial charge in [-0.05, 0) is 33.3 Å². The second kappa shape index (κ2) is 10.2. The molecule has 0 radical (unpaired) electrons. The molecule has 3 aromatic rings. The van der Waals surface area contributed by atoms with E-state index in [1.807, 2.05) is 25.1 Å². The Bertz CT molecular complexity index is 894. The van der Waals surface area contributed by atoms with Crippen molar-refractivity contribution >= 4 is 25.0 Å². The molecular weight excluding hydrogens is 396 g/mol. The molecule has 0 aromatic heterocycles. The normalized spacial score (nSPS) is 14.1. The molecule has 0 saturated carbocycles. The number of benzene rings is 3. The second-order valence-corrected chi connectivity index (χ2v) is 13.6. The minimum atomic E-state index is -2.55. The van der Waals surface area contributed by atoms with Crippen molar-refractivity contribution < 1.29 is 9.22 Å². The molecule has 162 valence electrons. The van der Waals surface area contributed by atoms with Crippen LogP contribution in [0, 0.1) is 5.92 Å². The average molecular weight is 431 g/mol. The highest BCUT2D eigenvalue weighted by Crippen LogP contribution is 2.37. The van der Waals surface area contributed by atoms with Crippen LogP contribution < -0.4 is 10.4 Å². The Morgan fingerprint density at radius 1 is 0.806 bits per heavy atom. The van der Waals surface area contributed by atoms with Crippen LogP contribution in [0.1, 0.15) is 45.6 Å². The molecule has 0 heterocycles. The van der Waals surface area contributed by atoms with Crippen LogP contribution in [-0.2, 0) is 9.22 Å². The van der Waals surface area contributed by atoms with E-state index in [4.69, 9.17) is 4.43 Å². The topological polar surface area (TPSA) is 26.3 Å². The Kier molecular flexibility index (Phi) is 7.63. The van der Waals surface area contributed by atoms with Crippen LogP contribution in [0.3, 0.4) is 0 Å². The fourth-order valence-corrected chi connectivity index (χ4v) is 9.21. The van der Waals surface area contributed by atoms with Gasteiger partial charge in [-0.3, -0.25) is 0 Å². The molecule has 2 atom stereocenters. The summed E-state index contributed by atoms with van der Waals surface area (Å²) in [7, 11) is -2.55. The monoisotopic (exact) mass is 430 g/mol. The SMILES string of the molecule is C[C@@H](C=O)[C@@H](CCO[Si](c1ccccc1)(c1ccccc1)C(C)(C)C)c1ccccc1. The van der Waals surface area contributed by atoms with Crippen molar-refractivity contribution in [2.45, 2.75) is 45.1 Å². The minimum Gasteiger partial charge on any atom is -0.407 e. The van der Waals surface area contributed by atoms with Gasteiger partial charge in [0.05, 0.1) is 0 Å². The third-order valence-electron chi connectivity index (χ3n) is 6.24. The van der Waals surface area contributed by atoms with Gasteiger partial charge >= 0.3 is 0 Å². The lowest BCUT2D eigenvalue weighted by Crippen LogP contribution is -2.66. The number of rotatable bonds is 9. The molecule has 0 bridgehead atoms. The number of hydrogen-bond donors (Lipinski definition) is 0. The van der Waals surface area contributed by atoms with Crippen molar-refractivity contribution in [3.8, 4) is 0 Å². The summed E-state index contributed by atoms with van der Waals surface area (Å²) in [5.41, 5.74) is 1.20. The van der Waals surface area contributed by atoms with Crippen molar-refractivity contribution in [2.75, 3.05) is 6.61 Å². The number of aldehydes is 1. The largest absolute Gasteiger partial charge is 0.407 e. The molecule has 3 rings (SSSR count). The van der Waals surface area contributed by atoms with Gasteiger partial charge in [-0.2, -0.15) is 0 Å². The molecule has 0 aliphatic rings. The van der Waals surface area contributed by atoms with Gasteiger partial charge in [0.15, 0.2) is 0 Å². The summed E-state index contributed by atoms with van der Waals surface area (Å²) in [5.74, 6) is 0.0991. The van der Waals surface area contributed by atoms with Crippen LogP contribution in [0.5, 0.6) is 0 Å². The Balaban J connectivity index is 1.97. The zero-order valence-corrected chi connectivity index (χ0v) is 20.1. The molecular formula is C28H34O2Si.